The van der Waals surface area contributed by atoms with E-state index in [1.807, 2.05) is 30.5 Å². The molecule has 0 atom stereocenters. The molecular formula is C49H30N2. The van der Waals surface area contributed by atoms with E-state index in [0.29, 0.717) is 0 Å². The van der Waals surface area contributed by atoms with E-state index in [2.05, 4.69) is 157 Å². The summed E-state index contributed by atoms with van der Waals surface area (Å²) in [6.07, 6.45) is 1.82. The molecule has 2 nitrogen and oxygen atoms in total. The highest BCUT2D eigenvalue weighted by Crippen LogP contribution is 2.65. The molecule has 0 saturated carbocycles. The van der Waals surface area contributed by atoms with Crippen molar-refractivity contribution in [2.24, 2.45) is 0 Å². The van der Waals surface area contributed by atoms with Crippen molar-refractivity contribution < 1.29 is 0 Å². The molecule has 0 aliphatic heterocycles. The molecule has 2 aromatic heterocycles. The van der Waals surface area contributed by atoms with E-state index in [1.165, 1.54) is 77.2 Å². The molecular weight excluding hydrogens is 617 g/mol. The molecule has 2 aliphatic rings. The molecule has 0 amide bonds. The van der Waals surface area contributed by atoms with Crippen molar-refractivity contribution in [3.63, 3.8) is 0 Å². The summed E-state index contributed by atoms with van der Waals surface area (Å²) in [5.41, 5.74) is 16.4. The first-order valence-corrected chi connectivity index (χ1v) is 17.6. The van der Waals surface area contributed by atoms with Gasteiger partial charge in [-0.05, 0) is 114 Å². The fourth-order valence-electron chi connectivity index (χ4n) is 9.09. The van der Waals surface area contributed by atoms with Crippen LogP contribution in [0.15, 0.2) is 182 Å². The Morgan fingerprint density at radius 3 is 1.78 bits per heavy atom. The monoisotopic (exact) mass is 646 g/mol. The minimum absolute atomic E-state index is 0.448. The van der Waals surface area contributed by atoms with Crippen LogP contribution in [0.1, 0.15) is 22.3 Å². The van der Waals surface area contributed by atoms with E-state index in [1.54, 1.807) is 0 Å². The Balaban J connectivity index is 1.22. The van der Waals surface area contributed by atoms with E-state index in [-0.39, 0.29) is 0 Å². The molecule has 9 aromatic rings. The largest absolute Gasteiger partial charge is 0.255 e. The summed E-state index contributed by atoms with van der Waals surface area (Å²) in [4.78, 5) is 9.63. The quantitative estimate of drug-likeness (QED) is 0.191. The van der Waals surface area contributed by atoms with Crippen LogP contribution in [0.2, 0.25) is 0 Å². The van der Waals surface area contributed by atoms with Crippen molar-refractivity contribution >= 4 is 21.5 Å². The van der Waals surface area contributed by atoms with Crippen molar-refractivity contribution in [2.75, 3.05) is 0 Å². The molecule has 7 aromatic carbocycles. The Hall–Kier alpha value is -6.64. The number of benzene rings is 7. The topological polar surface area (TPSA) is 25.8 Å². The first-order chi connectivity index (χ1) is 25.3. The van der Waals surface area contributed by atoms with Crippen molar-refractivity contribution in [1.29, 1.82) is 0 Å². The fourth-order valence-corrected chi connectivity index (χ4v) is 9.09. The third-order valence-electron chi connectivity index (χ3n) is 11.1. The number of fused-ring (bicyclic) bond motifs is 14. The third kappa shape index (κ3) is 3.87. The zero-order valence-electron chi connectivity index (χ0n) is 27.7. The lowest BCUT2D eigenvalue weighted by Crippen LogP contribution is -2.26. The molecule has 51 heavy (non-hydrogen) atoms. The summed E-state index contributed by atoms with van der Waals surface area (Å²) in [6, 6.07) is 64.3. The maximum atomic E-state index is 5.07. The second-order valence-corrected chi connectivity index (χ2v) is 13.6. The predicted octanol–water partition coefficient (Wildman–Crippen LogP) is 12.1. The van der Waals surface area contributed by atoms with Gasteiger partial charge in [0.05, 0.1) is 22.5 Å². The maximum absolute atomic E-state index is 5.07. The molecule has 0 fully saturated rings. The van der Waals surface area contributed by atoms with Crippen LogP contribution in [0.25, 0.3) is 77.6 Å². The highest BCUT2D eigenvalue weighted by molar-refractivity contribution is 6.16. The van der Waals surface area contributed by atoms with E-state index in [0.717, 1.165) is 22.6 Å². The molecule has 11 rings (SSSR count). The van der Waals surface area contributed by atoms with Gasteiger partial charge in [0.15, 0.2) is 0 Å². The summed E-state index contributed by atoms with van der Waals surface area (Å²) < 4.78 is 0. The zero-order chi connectivity index (χ0) is 33.5. The summed E-state index contributed by atoms with van der Waals surface area (Å²) >= 11 is 0. The summed E-state index contributed by atoms with van der Waals surface area (Å²) in [5, 5.41) is 5.09. The average molecular weight is 647 g/mol. The van der Waals surface area contributed by atoms with Crippen LogP contribution in [0.3, 0.4) is 0 Å². The Bertz CT molecular complexity index is 2820. The Labute approximate surface area is 296 Å². The predicted molar refractivity (Wildman–Crippen MR) is 210 cm³/mol. The van der Waals surface area contributed by atoms with Gasteiger partial charge < -0.3 is 0 Å². The van der Waals surface area contributed by atoms with E-state index < -0.39 is 5.41 Å². The van der Waals surface area contributed by atoms with Gasteiger partial charge in [-0.15, -0.1) is 0 Å². The lowest BCUT2D eigenvalue weighted by atomic mass is 9.70. The number of nitrogens with zero attached hydrogens (tertiary/aromatic N) is 2. The van der Waals surface area contributed by atoms with Crippen molar-refractivity contribution in [3.8, 4) is 56.0 Å². The molecule has 0 bridgehead atoms. The Morgan fingerprint density at radius 1 is 0.353 bits per heavy atom. The van der Waals surface area contributed by atoms with E-state index in [4.69, 9.17) is 4.98 Å². The van der Waals surface area contributed by atoms with Gasteiger partial charge in [-0.3, -0.25) is 4.98 Å². The van der Waals surface area contributed by atoms with Gasteiger partial charge in [0, 0.05) is 11.8 Å². The summed E-state index contributed by atoms with van der Waals surface area (Å²) in [5.74, 6) is 0. The molecule has 2 aliphatic carbocycles. The molecule has 0 radical (unpaired) electrons. The smallest absolute Gasteiger partial charge is 0.0893 e. The summed E-state index contributed by atoms with van der Waals surface area (Å²) in [7, 11) is 0. The van der Waals surface area contributed by atoms with Crippen molar-refractivity contribution in [3.05, 3.63) is 204 Å². The number of rotatable bonds is 3. The van der Waals surface area contributed by atoms with Crippen LogP contribution in [-0.2, 0) is 5.41 Å². The van der Waals surface area contributed by atoms with Gasteiger partial charge in [0.1, 0.15) is 0 Å². The molecule has 236 valence electrons. The van der Waals surface area contributed by atoms with E-state index >= 15 is 0 Å². The SMILES string of the molecule is c1ccc(-c2cccc(-c3cccc(-c4cc5c(c6ccccc46)-c4c(ccc6ccccc46)C54c5ccccc5-c5ccccc54)c3)n2)nc1. The van der Waals surface area contributed by atoms with Gasteiger partial charge >= 0.3 is 0 Å². The molecule has 0 N–H and O–H groups in total. The van der Waals surface area contributed by atoms with Gasteiger partial charge in [0.25, 0.3) is 0 Å². The van der Waals surface area contributed by atoms with Crippen LogP contribution < -0.4 is 0 Å². The minimum Gasteiger partial charge on any atom is -0.255 e. The van der Waals surface area contributed by atoms with Crippen LogP contribution in [0.4, 0.5) is 0 Å². The normalized spacial score (nSPS) is 13.3. The zero-order valence-corrected chi connectivity index (χ0v) is 27.7. The third-order valence-corrected chi connectivity index (χ3v) is 11.1. The lowest BCUT2D eigenvalue weighted by molar-refractivity contribution is 0.795. The maximum Gasteiger partial charge on any atom is 0.0893 e. The second-order valence-electron chi connectivity index (χ2n) is 13.6. The van der Waals surface area contributed by atoms with Gasteiger partial charge in [0.2, 0.25) is 0 Å². The van der Waals surface area contributed by atoms with E-state index in [9.17, 15) is 0 Å². The van der Waals surface area contributed by atoms with Crippen LogP contribution in [0.5, 0.6) is 0 Å². The van der Waals surface area contributed by atoms with Crippen molar-refractivity contribution in [1.82, 2.24) is 9.97 Å². The van der Waals surface area contributed by atoms with Crippen LogP contribution in [-0.4, -0.2) is 9.97 Å². The number of aromatic nitrogens is 2. The van der Waals surface area contributed by atoms with Gasteiger partial charge in [-0.1, -0.05) is 140 Å². The number of hydrogen-bond acceptors (Lipinski definition) is 2. The first kappa shape index (κ1) is 28.2. The molecule has 1 spiro atoms. The first-order valence-electron chi connectivity index (χ1n) is 17.6. The molecule has 0 saturated heterocycles. The van der Waals surface area contributed by atoms with Gasteiger partial charge in [-0.2, -0.15) is 0 Å². The fraction of sp³-hybridized carbons (Fsp3) is 0.0204. The summed E-state index contributed by atoms with van der Waals surface area (Å²) in [6.45, 7) is 0. The highest BCUT2D eigenvalue weighted by Gasteiger charge is 2.52. The lowest BCUT2D eigenvalue weighted by Gasteiger charge is -2.31. The minimum atomic E-state index is -0.448. The molecule has 2 heteroatoms. The Kier molecular flexibility index (Phi) is 5.91. The molecule has 2 heterocycles. The van der Waals surface area contributed by atoms with Crippen LogP contribution >= 0.6 is 0 Å². The second kappa shape index (κ2) is 10.7. The highest BCUT2D eigenvalue weighted by atomic mass is 14.8. The molecule has 0 unspecified atom stereocenters. The standard InChI is InChI=1S/C49H30N2/c1-2-16-34-31(13-1)26-27-42-47(34)48-38-20-4-3-17-35(38)39(30-43(48)49(42)40-21-7-5-18-36(40)37-19-6-8-22-41(37)49)32-14-11-15-33(29-32)44-24-12-25-46(51-44)45-23-9-10-28-50-45/h1-30H. The number of pyridine rings is 2. The van der Waals surface area contributed by atoms with Gasteiger partial charge in [-0.25, -0.2) is 4.98 Å². The van der Waals surface area contributed by atoms with Crippen molar-refractivity contribution in [2.45, 2.75) is 5.41 Å². The Morgan fingerprint density at radius 2 is 0.980 bits per heavy atom. The van der Waals surface area contributed by atoms with Crippen LogP contribution in [0, 0.1) is 0 Å². The average Bonchev–Trinajstić information content (AvgIpc) is 3.69. The number of hydrogen-bond donors (Lipinski definition) is 0.